The SMILES string of the molecule is CCC(NCCN(C)CCOC)c1cc(Br)ccc1O. The average molecular weight is 345 g/mol. The molecule has 1 atom stereocenters. The lowest BCUT2D eigenvalue weighted by Gasteiger charge is -2.21. The van der Waals surface area contributed by atoms with Crippen LogP contribution in [0.15, 0.2) is 22.7 Å². The van der Waals surface area contributed by atoms with Crippen LogP contribution in [0.2, 0.25) is 0 Å². The van der Waals surface area contributed by atoms with Crippen LogP contribution < -0.4 is 5.32 Å². The second-order valence-corrected chi connectivity index (χ2v) is 5.83. The number of nitrogens with one attached hydrogen (secondary N) is 1. The van der Waals surface area contributed by atoms with Gasteiger partial charge in [-0.1, -0.05) is 22.9 Å². The Balaban J connectivity index is 2.49. The molecule has 0 amide bonds. The third-order valence-electron chi connectivity index (χ3n) is 3.33. The summed E-state index contributed by atoms with van der Waals surface area (Å²) in [5.41, 5.74) is 0.946. The molecule has 0 aliphatic heterocycles. The Hall–Kier alpha value is -0.620. The van der Waals surface area contributed by atoms with Crippen molar-refractivity contribution >= 4 is 15.9 Å². The molecule has 1 aromatic carbocycles. The summed E-state index contributed by atoms with van der Waals surface area (Å²) in [7, 11) is 3.80. The molecule has 0 aromatic heterocycles. The molecule has 0 heterocycles. The summed E-state index contributed by atoms with van der Waals surface area (Å²) in [5, 5.41) is 13.5. The Bertz CT molecular complexity index is 401. The van der Waals surface area contributed by atoms with Crippen LogP contribution in [0.4, 0.5) is 0 Å². The molecule has 1 aromatic rings. The second kappa shape index (κ2) is 9.34. The van der Waals surface area contributed by atoms with Gasteiger partial charge in [0.1, 0.15) is 5.75 Å². The molecule has 0 bridgehead atoms. The summed E-state index contributed by atoms with van der Waals surface area (Å²) in [6, 6.07) is 5.73. The quantitative estimate of drug-likeness (QED) is 0.722. The number of phenolic OH excluding ortho intramolecular Hbond substituents is 1. The molecule has 0 fully saturated rings. The van der Waals surface area contributed by atoms with Gasteiger partial charge in [0.05, 0.1) is 6.61 Å². The third kappa shape index (κ3) is 5.79. The molecular formula is C15H25BrN2O2. The van der Waals surface area contributed by atoms with Crippen LogP contribution in [0.5, 0.6) is 5.75 Å². The first-order valence-electron chi connectivity index (χ1n) is 6.97. The zero-order chi connectivity index (χ0) is 15.0. The van der Waals surface area contributed by atoms with Gasteiger partial charge in [-0.25, -0.2) is 0 Å². The van der Waals surface area contributed by atoms with Crippen molar-refractivity contribution in [3.05, 3.63) is 28.2 Å². The second-order valence-electron chi connectivity index (χ2n) is 4.91. The van der Waals surface area contributed by atoms with Crippen LogP contribution in [-0.4, -0.2) is 50.4 Å². The molecule has 0 spiro atoms. The van der Waals surface area contributed by atoms with E-state index in [-0.39, 0.29) is 6.04 Å². The van der Waals surface area contributed by atoms with Gasteiger partial charge in [-0.05, 0) is 31.7 Å². The van der Waals surface area contributed by atoms with Crippen molar-refractivity contribution in [3.63, 3.8) is 0 Å². The van der Waals surface area contributed by atoms with Gasteiger partial charge in [-0.15, -0.1) is 0 Å². The molecular weight excluding hydrogens is 320 g/mol. The van der Waals surface area contributed by atoms with E-state index < -0.39 is 0 Å². The first-order valence-corrected chi connectivity index (χ1v) is 7.77. The summed E-state index contributed by atoms with van der Waals surface area (Å²) >= 11 is 3.45. The first-order chi connectivity index (χ1) is 9.58. The van der Waals surface area contributed by atoms with Crippen LogP contribution in [0.25, 0.3) is 0 Å². The average Bonchev–Trinajstić information content (AvgIpc) is 2.44. The number of methoxy groups -OCH3 is 1. The monoisotopic (exact) mass is 344 g/mol. The fraction of sp³-hybridized carbons (Fsp3) is 0.600. The molecule has 4 nitrogen and oxygen atoms in total. The standard InChI is InChI=1S/C15H25BrN2O2/c1-4-14(13-11-12(16)5-6-15(13)19)17-7-8-18(2)9-10-20-3/h5-6,11,14,17,19H,4,7-10H2,1-3H3. The lowest BCUT2D eigenvalue weighted by molar-refractivity contribution is 0.161. The minimum absolute atomic E-state index is 0.170. The minimum atomic E-state index is 0.170. The minimum Gasteiger partial charge on any atom is -0.508 e. The number of hydrogen-bond donors (Lipinski definition) is 2. The van der Waals surface area contributed by atoms with E-state index in [9.17, 15) is 5.11 Å². The molecule has 1 unspecified atom stereocenters. The molecule has 0 saturated carbocycles. The molecule has 5 heteroatoms. The maximum Gasteiger partial charge on any atom is 0.120 e. The number of likely N-dealkylation sites (N-methyl/N-ethyl adjacent to an activating group) is 1. The number of nitrogens with zero attached hydrogens (tertiary/aromatic N) is 1. The first kappa shape index (κ1) is 17.4. The van der Waals surface area contributed by atoms with E-state index in [4.69, 9.17) is 4.74 Å². The number of benzene rings is 1. The van der Waals surface area contributed by atoms with Crippen molar-refractivity contribution in [2.75, 3.05) is 40.4 Å². The van der Waals surface area contributed by atoms with E-state index in [2.05, 4.69) is 40.1 Å². The highest BCUT2D eigenvalue weighted by Gasteiger charge is 2.13. The highest BCUT2D eigenvalue weighted by molar-refractivity contribution is 9.10. The summed E-state index contributed by atoms with van der Waals surface area (Å²) in [6.07, 6.45) is 0.936. The molecule has 0 aliphatic rings. The molecule has 114 valence electrons. The number of aromatic hydroxyl groups is 1. The maximum absolute atomic E-state index is 9.97. The lowest BCUT2D eigenvalue weighted by atomic mass is 10.0. The van der Waals surface area contributed by atoms with Crippen molar-refractivity contribution in [3.8, 4) is 5.75 Å². The van der Waals surface area contributed by atoms with Crippen LogP contribution >= 0.6 is 15.9 Å². The van der Waals surface area contributed by atoms with Crippen molar-refractivity contribution in [2.24, 2.45) is 0 Å². The van der Waals surface area contributed by atoms with Crippen LogP contribution in [-0.2, 0) is 4.74 Å². The van der Waals surface area contributed by atoms with E-state index in [0.29, 0.717) is 5.75 Å². The van der Waals surface area contributed by atoms with E-state index in [1.165, 1.54) is 0 Å². The highest BCUT2D eigenvalue weighted by Crippen LogP contribution is 2.29. The summed E-state index contributed by atoms with van der Waals surface area (Å²) < 4.78 is 6.05. The Morgan fingerprint density at radius 1 is 1.40 bits per heavy atom. The summed E-state index contributed by atoms with van der Waals surface area (Å²) in [5.74, 6) is 0.347. The van der Waals surface area contributed by atoms with Crippen LogP contribution in [0, 0.1) is 0 Å². The van der Waals surface area contributed by atoms with Gasteiger partial charge in [0.25, 0.3) is 0 Å². The predicted molar refractivity (Wildman–Crippen MR) is 86.2 cm³/mol. The Labute approximate surface area is 130 Å². The normalized spacial score (nSPS) is 12.8. The number of ether oxygens (including phenoxy) is 1. The van der Waals surface area contributed by atoms with E-state index in [1.54, 1.807) is 13.2 Å². The fourth-order valence-electron chi connectivity index (χ4n) is 2.07. The third-order valence-corrected chi connectivity index (χ3v) is 3.83. The maximum atomic E-state index is 9.97. The zero-order valence-corrected chi connectivity index (χ0v) is 14.1. The van der Waals surface area contributed by atoms with E-state index in [0.717, 1.165) is 42.7 Å². The van der Waals surface area contributed by atoms with Crippen molar-refractivity contribution in [2.45, 2.75) is 19.4 Å². The topological polar surface area (TPSA) is 44.7 Å². The van der Waals surface area contributed by atoms with Gasteiger partial charge >= 0.3 is 0 Å². The van der Waals surface area contributed by atoms with Gasteiger partial charge < -0.3 is 20.1 Å². The zero-order valence-electron chi connectivity index (χ0n) is 12.5. The molecule has 0 aliphatic carbocycles. The summed E-state index contributed by atoms with van der Waals surface area (Å²) in [6.45, 7) is 5.63. The van der Waals surface area contributed by atoms with Crippen LogP contribution in [0.3, 0.4) is 0 Å². The molecule has 1 rings (SSSR count). The van der Waals surface area contributed by atoms with Gasteiger partial charge in [-0.3, -0.25) is 0 Å². The van der Waals surface area contributed by atoms with Gasteiger partial charge in [0, 0.05) is 42.8 Å². The van der Waals surface area contributed by atoms with E-state index >= 15 is 0 Å². The number of phenols is 1. The number of hydrogen-bond acceptors (Lipinski definition) is 4. The molecule has 20 heavy (non-hydrogen) atoms. The van der Waals surface area contributed by atoms with Gasteiger partial charge in [-0.2, -0.15) is 0 Å². The fourth-order valence-corrected chi connectivity index (χ4v) is 2.45. The predicted octanol–water partition coefficient (Wildman–Crippen LogP) is 2.77. The lowest BCUT2D eigenvalue weighted by Crippen LogP contribution is -2.33. The van der Waals surface area contributed by atoms with Crippen LogP contribution in [0.1, 0.15) is 24.9 Å². The van der Waals surface area contributed by atoms with Crippen molar-refractivity contribution in [1.29, 1.82) is 0 Å². The number of halogens is 1. The molecule has 2 N–H and O–H groups in total. The Morgan fingerprint density at radius 2 is 2.15 bits per heavy atom. The highest BCUT2D eigenvalue weighted by atomic mass is 79.9. The van der Waals surface area contributed by atoms with Crippen molar-refractivity contribution < 1.29 is 9.84 Å². The summed E-state index contributed by atoms with van der Waals surface area (Å²) in [4.78, 5) is 2.23. The van der Waals surface area contributed by atoms with Crippen molar-refractivity contribution in [1.82, 2.24) is 10.2 Å². The largest absolute Gasteiger partial charge is 0.508 e. The molecule has 0 saturated heterocycles. The van der Waals surface area contributed by atoms with Gasteiger partial charge in [0.2, 0.25) is 0 Å². The number of rotatable bonds is 9. The molecule has 0 radical (unpaired) electrons. The smallest absolute Gasteiger partial charge is 0.120 e. The Morgan fingerprint density at radius 3 is 2.80 bits per heavy atom. The Kier molecular flexibility index (Phi) is 8.14. The van der Waals surface area contributed by atoms with E-state index in [1.807, 2.05) is 12.1 Å². The van der Waals surface area contributed by atoms with Gasteiger partial charge in [0.15, 0.2) is 0 Å².